The fourth-order valence-electron chi connectivity index (χ4n) is 7.85. The van der Waals surface area contributed by atoms with Crippen LogP contribution in [0.4, 0.5) is 17.1 Å². The Kier molecular flexibility index (Phi) is 5.20. The van der Waals surface area contributed by atoms with Crippen LogP contribution in [0, 0.1) is 0 Å². The second-order valence-electron chi connectivity index (χ2n) is 14.3. The summed E-state index contributed by atoms with van der Waals surface area (Å²) in [6.07, 6.45) is 0. The summed E-state index contributed by atoms with van der Waals surface area (Å²) in [6.45, 7) is 0. The Labute approximate surface area is 390 Å². The Morgan fingerprint density at radius 1 is 0.435 bits per heavy atom. The van der Waals surface area contributed by atoms with Crippen LogP contribution in [0.15, 0.2) is 224 Å². The number of hydrogen-bond acceptors (Lipinski definition) is 4. The van der Waals surface area contributed by atoms with Crippen LogP contribution in [0.5, 0.6) is 0 Å². The molecule has 0 unspecified atom stereocenters. The summed E-state index contributed by atoms with van der Waals surface area (Å²) in [4.78, 5) is 11.8. The molecule has 0 fully saturated rings. The lowest BCUT2D eigenvalue weighted by atomic mass is 9.96. The summed E-state index contributed by atoms with van der Waals surface area (Å²) in [5.41, 5.74) is 0.365. The van der Waals surface area contributed by atoms with Gasteiger partial charge in [0.1, 0.15) is 0 Å². The van der Waals surface area contributed by atoms with Crippen LogP contribution in [0.25, 0.3) is 97.5 Å². The van der Waals surface area contributed by atoms with E-state index in [0.29, 0.717) is 44.0 Å². The number of thiophene rings is 1. The first-order valence-electron chi connectivity index (χ1n) is 28.9. The van der Waals surface area contributed by atoms with Gasteiger partial charge in [-0.25, -0.2) is 9.97 Å². The van der Waals surface area contributed by atoms with E-state index in [9.17, 15) is 9.60 Å². The van der Waals surface area contributed by atoms with E-state index in [1.165, 1.54) is 11.0 Å². The zero-order valence-corrected chi connectivity index (χ0v) is 33.0. The van der Waals surface area contributed by atoms with Crippen LogP contribution >= 0.6 is 11.3 Å². The van der Waals surface area contributed by atoms with Crippen molar-refractivity contribution in [2.24, 2.45) is 0 Å². The van der Waals surface area contributed by atoms with E-state index in [-0.39, 0.29) is 37.6 Å². The number of nitrogens with zero attached hydrogens (tertiary/aromatic N) is 3. The van der Waals surface area contributed by atoms with Crippen molar-refractivity contribution in [3.63, 3.8) is 0 Å². The lowest BCUT2D eigenvalue weighted by Gasteiger charge is -2.28. The standard InChI is InChI=1S/C58H37N3S/c1-4-15-38(16-5-1)43-21-14-22-44(35-43)47-23-10-12-25-52(47)61(46-32-34-54-50(37-46)48-24-11-13-26-53(48)62-54)45-31-29-39-27-28-40-30-33-51-58(55(40)49(39)36-45)60-57(42-19-8-3-9-20-42)56(59-51)41-17-6-2-7-18-41/h1-37H/i1D,4D,5D,10D,11D,12D,13D,14D,15D,16D,21D,22D,23D,24D,25D,26D,34D,35D,37D. The maximum atomic E-state index is 10.1. The maximum Gasteiger partial charge on any atom is 0.0979 e. The van der Waals surface area contributed by atoms with Crippen LogP contribution in [0.3, 0.4) is 0 Å². The summed E-state index contributed by atoms with van der Waals surface area (Å²) in [5, 5.41) is 2.34. The number of rotatable bonds is 7. The Morgan fingerprint density at radius 3 is 1.94 bits per heavy atom. The molecule has 12 rings (SSSR count). The van der Waals surface area contributed by atoms with Crippen LogP contribution in [0.2, 0.25) is 0 Å². The third-order valence-electron chi connectivity index (χ3n) is 10.7. The van der Waals surface area contributed by atoms with Gasteiger partial charge in [-0.1, -0.05) is 170 Å². The number of para-hydroxylation sites is 1. The number of benzene rings is 10. The lowest BCUT2D eigenvalue weighted by molar-refractivity contribution is 1.29. The molecule has 0 aliphatic heterocycles. The van der Waals surface area contributed by atoms with Gasteiger partial charge < -0.3 is 4.90 Å². The maximum absolute atomic E-state index is 10.1. The molecule has 0 amide bonds. The number of aromatic nitrogens is 2. The van der Waals surface area contributed by atoms with E-state index < -0.39 is 137 Å². The molecule has 0 atom stereocenters. The molecule has 3 nitrogen and oxygen atoms in total. The van der Waals surface area contributed by atoms with Gasteiger partial charge in [0, 0.05) is 53.6 Å². The van der Waals surface area contributed by atoms with Crippen molar-refractivity contribution in [1.29, 1.82) is 0 Å². The number of anilines is 3. The van der Waals surface area contributed by atoms with Crippen molar-refractivity contribution in [2.45, 2.75) is 0 Å². The van der Waals surface area contributed by atoms with Gasteiger partial charge in [-0.15, -0.1) is 11.3 Å². The third-order valence-corrected chi connectivity index (χ3v) is 11.7. The van der Waals surface area contributed by atoms with E-state index in [1.807, 2.05) is 84.9 Å². The van der Waals surface area contributed by atoms with Gasteiger partial charge in [0.25, 0.3) is 0 Å². The minimum absolute atomic E-state index is 0.0517. The average molecular weight is 827 g/mol. The van der Waals surface area contributed by atoms with Gasteiger partial charge in [0.05, 0.1) is 54.2 Å². The Balaban J connectivity index is 1.24. The molecule has 2 aromatic heterocycles. The first-order chi connectivity index (χ1) is 38.6. The van der Waals surface area contributed by atoms with E-state index in [1.54, 1.807) is 18.2 Å². The van der Waals surface area contributed by atoms with Gasteiger partial charge in [-0.2, -0.15) is 0 Å². The summed E-state index contributed by atoms with van der Waals surface area (Å²) in [5.74, 6) is 0. The van der Waals surface area contributed by atoms with Crippen LogP contribution in [-0.4, -0.2) is 9.97 Å². The highest BCUT2D eigenvalue weighted by Gasteiger charge is 2.21. The number of fused-ring (bicyclic) bond motifs is 8. The molecule has 0 spiro atoms. The molecule has 0 N–H and O–H groups in total. The smallest absolute Gasteiger partial charge is 0.0979 e. The summed E-state index contributed by atoms with van der Waals surface area (Å²) in [6, 6.07) is 19.0. The van der Waals surface area contributed by atoms with Crippen molar-refractivity contribution in [1.82, 2.24) is 9.97 Å². The van der Waals surface area contributed by atoms with E-state index in [4.69, 9.17) is 26.4 Å². The summed E-state index contributed by atoms with van der Waals surface area (Å²) >= 11 is 0.874. The van der Waals surface area contributed by atoms with E-state index in [2.05, 4.69) is 0 Å². The molecule has 2 heterocycles. The normalized spacial score (nSPS) is 15.8. The molecule has 4 heteroatoms. The first-order valence-corrected chi connectivity index (χ1v) is 20.2. The zero-order valence-electron chi connectivity index (χ0n) is 51.1. The largest absolute Gasteiger partial charge is 0.310 e. The van der Waals surface area contributed by atoms with Crippen molar-refractivity contribution < 1.29 is 26.0 Å². The average Bonchev–Trinajstić information content (AvgIpc) is 3.59. The molecule has 0 saturated heterocycles. The van der Waals surface area contributed by atoms with Crippen LogP contribution in [0.1, 0.15) is 26.0 Å². The van der Waals surface area contributed by atoms with Gasteiger partial charge >= 0.3 is 0 Å². The zero-order chi connectivity index (χ0) is 57.5. The van der Waals surface area contributed by atoms with E-state index in [0.717, 1.165) is 22.5 Å². The molecule has 10 aromatic carbocycles. The molecule has 12 aromatic rings. The highest BCUT2D eigenvalue weighted by atomic mass is 32.1. The molecular weight excluding hydrogens is 771 g/mol. The number of hydrogen-bond donors (Lipinski definition) is 0. The molecule has 0 aliphatic carbocycles. The van der Waals surface area contributed by atoms with Crippen molar-refractivity contribution in [3.8, 4) is 44.8 Å². The van der Waals surface area contributed by atoms with Gasteiger partial charge in [0.2, 0.25) is 0 Å². The molecule has 0 radical (unpaired) electrons. The highest BCUT2D eigenvalue weighted by Crippen LogP contribution is 2.46. The first kappa shape index (κ1) is 21.6. The van der Waals surface area contributed by atoms with Gasteiger partial charge in [-0.05, 0) is 87.3 Å². The molecular formula is C58H37N3S. The molecule has 0 aliphatic rings. The minimum atomic E-state index is -0.918. The molecule has 290 valence electrons. The van der Waals surface area contributed by atoms with E-state index >= 15 is 0 Å². The predicted molar refractivity (Wildman–Crippen MR) is 264 cm³/mol. The van der Waals surface area contributed by atoms with Crippen molar-refractivity contribution >= 4 is 81.1 Å². The van der Waals surface area contributed by atoms with Gasteiger partial charge in [-0.3, -0.25) is 0 Å². The molecule has 0 saturated carbocycles. The second-order valence-corrected chi connectivity index (χ2v) is 15.3. The summed E-state index contributed by atoms with van der Waals surface area (Å²) in [7, 11) is 0. The van der Waals surface area contributed by atoms with Crippen LogP contribution < -0.4 is 4.90 Å². The quantitative estimate of drug-likeness (QED) is 0.150. The Morgan fingerprint density at radius 2 is 1.10 bits per heavy atom. The Hall–Kier alpha value is -7.92. The second kappa shape index (κ2) is 15.0. The SMILES string of the molecule is [2H]c1c([2H])c([2H])c(-c2c([2H])c([2H])c([2H])c(-c3c([2H])c([2H])c([2H])c([2H])c3N(c3ccc4ccc5ccc6nc(-c7ccccc7)c(-c7ccccc7)nc6c5c4c3)c3cc([2H])c4sc5c([2H])c([2H])c([2H])c([2H])c5c4c3[2H])c2[2H])c([2H])c1[2H]. The topological polar surface area (TPSA) is 29.0 Å². The predicted octanol–water partition coefficient (Wildman–Crippen LogP) is 16.4. The highest BCUT2D eigenvalue weighted by molar-refractivity contribution is 7.25. The van der Waals surface area contributed by atoms with Crippen LogP contribution in [-0.2, 0) is 0 Å². The van der Waals surface area contributed by atoms with Gasteiger partial charge in [0.15, 0.2) is 0 Å². The van der Waals surface area contributed by atoms with Crippen molar-refractivity contribution in [2.75, 3.05) is 4.90 Å². The monoisotopic (exact) mass is 826 g/mol. The fourth-order valence-corrected chi connectivity index (χ4v) is 8.78. The lowest BCUT2D eigenvalue weighted by Crippen LogP contribution is -2.11. The molecule has 62 heavy (non-hydrogen) atoms. The third kappa shape index (κ3) is 6.20. The fraction of sp³-hybridized carbons (Fsp3) is 0. The molecule has 0 bridgehead atoms. The minimum Gasteiger partial charge on any atom is -0.310 e. The van der Waals surface area contributed by atoms with Crippen molar-refractivity contribution in [3.05, 3.63) is 224 Å². The summed E-state index contributed by atoms with van der Waals surface area (Å²) < 4.78 is 173. The Bertz CT molecular complexity index is 4740.